The highest BCUT2D eigenvalue weighted by Crippen LogP contribution is 2.52. The van der Waals surface area contributed by atoms with Crippen molar-refractivity contribution in [3.63, 3.8) is 0 Å². The predicted octanol–water partition coefficient (Wildman–Crippen LogP) is 2.12. The van der Waals surface area contributed by atoms with Crippen LogP contribution in [0.5, 0.6) is 0 Å². The molecule has 3 nitrogen and oxygen atoms in total. The van der Waals surface area contributed by atoms with Crippen LogP contribution in [0.25, 0.3) is 0 Å². The molecule has 0 aliphatic carbocycles. The maximum absolute atomic E-state index is 12.6. The van der Waals surface area contributed by atoms with Crippen molar-refractivity contribution in [3.8, 4) is 0 Å². The second kappa shape index (κ2) is 3.57. The fraction of sp³-hybridized carbons (Fsp3) is 0.933. The number of carbonyl (C=O) groups excluding carboxylic acids is 1. The molecule has 0 saturated carbocycles. The van der Waals surface area contributed by atoms with Gasteiger partial charge >= 0.3 is 0 Å². The number of rotatable bonds is 3. The molecule has 0 spiro atoms. The first kappa shape index (κ1) is 12.6. The molecule has 0 radical (unpaired) electrons. The quantitative estimate of drug-likeness (QED) is 0.766. The van der Waals surface area contributed by atoms with Crippen LogP contribution in [0.1, 0.15) is 47.0 Å². The van der Waals surface area contributed by atoms with E-state index in [-0.39, 0.29) is 16.5 Å². The number of carbonyl (C=O) groups is 1. The number of hydrogen-bond donors (Lipinski definition) is 0. The summed E-state index contributed by atoms with van der Waals surface area (Å²) in [5, 5.41) is 0. The zero-order valence-corrected chi connectivity index (χ0v) is 12.3. The zero-order chi connectivity index (χ0) is 13.2. The van der Waals surface area contributed by atoms with Gasteiger partial charge in [0.05, 0.1) is 16.5 Å². The van der Waals surface area contributed by atoms with E-state index in [0.717, 1.165) is 26.2 Å². The average Bonchev–Trinajstić information content (AvgIpc) is 2.28. The molecule has 102 valence electrons. The molecule has 4 fully saturated rings. The smallest absolute Gasteiger partial charge is 0.149 e. The summed E-state index contributed by atoms with van der Waals surface area (Å²) in [7, 11) is 0. The van der Waals surface area contributed by atoms with E-state index >= 15 is 0 Å². The Morgan fingerprint density at radius 3 is 1.83 bits per heavy atom. The molecule has 4 heterocycles. The SMILES string of the molecule is CCCCC1(C)N2CC3(C)CN1CC(C)(C2)C3=O. The summed E-state index contributed by atoms with van der Waals surface area (Å²) in [4.78, 5) is 17.8. The summed E-state index contributed by atoms with van der Waals surface area (Å²) in [6.45, 7) is 12.9. The van der Waals surface area contributed by atoms with E-state index in [0.29, 0.717) is 5.78 Å². The van der Waals surface area contributed by atoms with Gasteiger partial charge in [0.1, 0.15) is 5.78 Å². The molecule has 0 N–H and O–H groups in total. The van der Waals surface area contributed by atoms with Crippen molar-refractivity contribution in [3.05, 3.63) is 0 Å². The Kier molecular flexibility index (Phi) is 2.50. The summed E-state index contributed by atoms with van der Waals surface area (Å²) in [5.41, 5.74) is -0.0241. The van der Waals surface area contributed by atoms with Crippen molar-refractivity contribution in [1.29, 1.82) is 0 Å². The molecule has 0 unspecified atom stereocenters. The van der Waals surface area contributed by atoms with Gasteiger partial charge in [-0.05, 0) is 13.3 Å². The van der Waals surface area contributed by atoms with E-state index in [2.05, 4.69) is 37.5 Å². The van der Waals surface area contributed by atoms with Gasteiger partial charge in [-0.15, -0.1) is 0 Å². The van der Waals surface area contributed by atoms with Gasteiger partial charge < -0.3 is 0 Å². The Bertz CT molecular complexity index is 350. The highest BCUT2D eigenvalue weighted by molar-refractivity contribution is 5.92. The summed E-state index contributed by atoms with van der Waals surface area (Å²) < 4.78 is 0. The van der Waals surface area contributed by atoms with Crippen molar-refractivity contribution in [1.82, 2.24) is 9.80 Å². The summed E-state index contributed by atoms with van der Waals surface area (Å²) >= 11 is 0. The van der Waals surface area contributed by atoms with Gasteiger partial charge in [-0.25, -0.2) is 0 Å². The fourth-order valence-electron chi connectivity index (χ4n) is 4.62. The zero-order valence-electron chi connectivity index (χ0n) is 12.3. The lowest BCUT2D eigenvalue weighted by atomic mass is 9.60. The van der Waals surface area contributed by atoms with Gasteiger partial charge in [0.15, 0.2) is 0 Å². The highest BCUT2D eigenvalue weighted by atomic mass is 16.1. The third-order valence-corrected chi connectivity index (χ3v) is 5.62. The molecule has 0 amide bonds. The van der Waals surface area contributed by atoms with Gasteiger partial charge in [0.25, 0.3) is 0 Å². The number of unbranched alkanes of at least 4 members (excludes halogenated alkanes) is 1. The Morgan fingerprint density at radius 1 is 1.00 bits per heavy atom. The first-order valence-corrected chi connectivity index (χ1v) is 7.39. The van der Waals surface area contributed by atoms with Gasteiger partial charge in [-0.2, -0.15) is 0 Å². The number of Topliss-reactive ketones (excluding diaryl/α,β-unsaturated/α-hetero) is 1. The molecule has 4 saturated heterocycles. The van der Waals surface area contributed by atoms with Crippen LogP contribution in [-0.4, -0.2) is 47.4 Å². The van der Waals surface area contributed by atoms with Crippen LogP contribution in [0.2, 0.25) is 0 Å². The predicted molar refractivity (Wildman–Crippen MR) is 72.3 cm³/mol. The van der Waals surface area contributed by atoms with Crippen LogP contribution in [0, 0.1) is 10.8 Å². The fourth-order valence-corrected chi connectivity index (χ4v) is 4.62. The van der Waals surface area contributed by atoms with Crippen LogP contribution in [0.4, 0.5) is 0 Å². The lowest BCUT2D eigenvalue weighted by Crippen LogP contribution is -2.82. The molecule has 0 aromatic carbocycles. The molecule has 3 heteroatoms. The van der Waals surface area contributed by atoms with E-state index < -0.39 is 0 Å². The average molecular weight is 250 g/mol. The van der Waals surface area contributed by atoms with Crippen molar-refractivity contribution >= 4 is 5.78 Å². The van der Waals surface area contributed by atoms with Crippen LogP contribution < -0.4 is 0 Å². The van der Waals surface area contributed by atoms with E-state index in [4.69, 9.17) is 0 Å². The van der Waals surface area contributed by atoms with Crippen LogP contribution in [0.3, 0.4) is 0 Å². The molecule has 4 bridgehead atoms. The first-order chi connectivity index (χ1) is 8.34. The Labute approximate surface area is 111 Å². The van der Waals surface area contributed by atoms with Gasteiger partial charge in [-0.3, -0.25) is 14.6 Å². The Morgan fingerprint density at radius 2 is 1.44 bits per heavy atom. The largest absolute Gasteiger partial charge is 0.298 e. The minimum Gasteiger partial charge on any atom is -0.298 e. The molecular formula is C15H26N2O. The number of piperidine rings is 2. The number of nitrogens with zero attached hydrogens (tertiary/aromatic N) is 2. The standard InChI is InChI=1S/C15H26N2O/c1-5-6-7-15(4)16-8-13(2)9-17(15)11-14(3,10-16)12(13)18/h5-11H2,1-4H3. The highest BCUT2D eigenvalue weighted by Gasteiger charge is 2.64. The van der Waals surface area contributed by atoms with E-state index in [1.165, 1.54) is 19.3 Å². The third-order valence-electron chi connectivity index (χ3n) is 5.62. The molecular weight excluding hydrogens is 224 g/mol. The Balaban J connectivity index is 1.93. The van der Waals surface area contributed by atoms with Crippen LogP contribution in [0.15, 0.2) is 0 Å². The van der Waals surface area contributed by atoms with Crippen molar-refractivity contribution in [2.24, 2.45) is 10.8 Å². The van der Waals surface area contributed by atoms with Gasteiger partial charge in [-0.1, -0.05) is 33.6 Å². The topological polar surface area (TPSA) is 23.6 Å². The normalized spacial score (nSPS) is 54.1. The van der Waals surface area contributed by atoms with Crippen LogP contribution in [-0.2, 0) is 4.79 Å². The molecule has 18 heavy (non-hydrogen) atoms. The summed E-state index contributed by atoms with van der Waals surface area (Å²) in [5.74, 6) is 0.514. The van der Waals surface area contributed by atoms with E-state index in [1.807, 2.05) is 0 Å². The minimum atomic E-state index is -0.114. The molecule has 0 aromatic rings. The second-order valence-electron chi connectivity index (χ2n) is 7.48. The third kappa shape index (κ3) is 1.41. The number of hydrogen-bond acceptors (Lipinski definition) is 3. The van der Waals surface area contributed by atoms with E-state index in [1.54, 1.807) is 0 Å². The first-order valence-electron chi connectivity index (χ1n) is 7.39. The second-order valence-corrected chi connectivity index (χ2v) is 7.48. The minimum absolute atomic E-state index is 0.114. The summed E-state index contributed by atoms with van der Waals surface area (Å²) in [6.07, 6.45) is 3.78. The van der Waals surface area contributed by atoms with Crippen molar-refractivity contribution in [2.45, 2.75) is 52.6 Å². The van der Waals surface area contributed by atoms with Crippen molar-refractivity contribution < 1.29 is 4.79 Å². The molecule has 4 rings (SSSR count). The van der Waals surface area contributed by atoms with E-state index in [9.17, 15) is 4.79 Å². The van der Waals surface area contributed by atoms with Gasteiger partial charge in [0, 0.05) is 26.2 Å². The molecule has 4 aliphatic rings. The van der Waals surface area contributed by atoms with Crippen LogP contribution >= 0.6 is 0 Å². The maximum Gasteiger partial charge on any atom is 0.149 e. The number of ketones is 1. The summed E-state index contributed by atoms with van der Waals surface area (Å²) in [6, 6.07) is 0. The Hall–Kier alpha value is -0.410. The molecule has 0 aromatic heterocycles. The van der Waals surface area contributed by atoms with Gasteiger partial charge in [0.2, 0.25) is 0 Å². The monoisotopic (exact) mass is 250 g/mol. The lowest BCUT2D eigenvalue weighted by molar-refractivity contribution is -0.226. The molecule has 0 atom stereocenters. The lowest BCUT2D eigenvalue weighted by Gasteiger charge is -2.69. The maximum atomic E-state index is 12.6. The molecule has 4 aliphatic heterocycles. The van der Waals surface area contributed by atoms with Crippen molar-refractivity contribution in [2.75, 3.05) is 26.2 Å².